The van der Waals surface area contributed by atoms with Crippen molar-refractivity contribution in [1.82, 2.24) is 9.13 Å². The lowest BCUT2D eigenvalue weighted by molar-refractivity contribution is 1.13. The van der Waals surface area contributed by atoms with Crippen molar-refractivity contribution in [1.29, 1.82) is 0 Å². The van der Waals surface area contributed by atoms with Crippen molar-refractivity contribution in [3.63, 3.8) is 0 Å². The van der Waals surface area contributed by atoms with Crippen molar-refractivity contribution < 1.29 is 0 Å². The molecule has 0 unspecified atom stereocenters. The van der Waals surface area contributed by atoms with Crippen molar-refractivity contribution in [3.8, 4) is 67.3 Å². The van der Waals surface area contributed by atoms with E-state index in [4.69, 9.17) is 0 Å². The summed E-state index contributed by atoms with van der Waals surface area (Å²) in [6.07, 6.45) is 0. The number of hydrogen-bond acceptors (Lipinski definition) is 2. The number of hydrogen-bond donors (Lipinski definition) is 0. The summed E-state index contributed by atoms with van der Waals surface area (Å²) in [5, 5.41) is 2.44. The van der Waals surface area contributed by atoms with Crippen molar-refractivity contribution in [3.05, 3.63) is 255 Å². The highest BCUT2D eigenvalue weighted by Crippen LogP contribution is 2.58. The third-order valence-corrected chi connectivity index (χ3v) is 13.9. The minimum absolute atomic E-state index is 1.07. The number of rotatable bonds is 5. The highest BCUT2D eigenvalue weighted by atomic mass is 15.2. The predicted molar refractivity (Wildman–Crippen MR) is 284 cm³/mol. The van der Waals surface area contributed by atoms with Crippen LogP contribution >= 0.6 is 0 Å². The fourth-order valence-electron chi connectivity index (χ4n) is 11.2. The second-order valence-electron chi connectivity index (χ2n) is 17.7. The van der Waals surface area contributed by atoms with Gasteiger partial charge in [-0.2, -0.15) is 0 Å². The van der Waals surface area contributed by atoms with Gasteiger partial charge in [-0.3, -0.25) is 0 Å². The number of anilines is 6. The van der Waals surface area contributed by atoms with Crippen LogP contribution in [0.15, 0.2) is 255 Å². The van der Waals surface area contributed by atoms with Gasteiger partial charge in [0, 0.05) is 66.9 Å². The maximum Gasteiger partial charge on any atom is 0.0641 e. The van der Waals surface area contributed by atoms with Crippen molar-refractivity contribution in [2.75, 3.05) is 9.80 Å². The fraction of sp³-hybridized carbons (Fsp3) is 0. The summed E-state index contributed by atoms with van der Waals surface area (Å²) < 4.78 is 4.92. The Morgan fingerprint density at radius 1 is 0.235 bits per heavy atom. The van der Waals surface area contributed by atoms with Gasteiger partial charge in [0.05, 0.1) is 45.2 Å². The van der Waals surface area contributed by atoms with Gasteiger partial charge in [-0.15, -0.1) is 0 Å². The average molecular weight is 867 g/mol. The average Bonchev–Trinajstić information content (AvgIpc) is 3.85. The van der Waals surface area contributed by atoms with E-state index in [9.17, 15) is 0 Å². The van der Waals surface area contributed by atoms with Crippen LogP contribution in [0.1, 0.15) is 0 Å². The Kier molecular flexibility index (Phi) is 8.55. The largest absolute Gasteiger partial charge is 0.309 e. The van der Waals surface area contributed by atoms with Crippen molar-refractivity contribution in [2.24, 2.45) is 0 Å². The Hall–Kier alpha value is -9.12. The lowest BCUT2D eigenvalue weighted by Gasteiger charge is -2.32. The molecular formula is C64H42N4. The van der Waals surface area contributed by atoms with E-state index in [0.717, 1.165) is 67.8 Å². The van der Waals surface area contributed by atoms with Crippen LogP contribution in [0.5, 0.6) is 0 Å². The van der Waals surface area contributed by atoms with E-state index in [0.29, 0.717) is 0 Å². The first-order valence-corrected chi connectivity index (χ1v) is 23.4. The molecule has 0 fully saturated rings. The number of fused-ring (bicyclic) bond motifs is 14. The van der Waals surface area contributed by atoms with Crippen LogP contribution in [-0.2, 0) is 0 Å². The standard InChI is InChI=1S/C64H42N4/c1-4-22-43(23-5-1)44-40-47(65-55-34-16-10-28-49(55)61-51-30-12-18-36-57(51)67(45-24-6-2-7-25-45)63(61)53-32-14-20-38-59(53)65)42-48(41-44)66-56-35-17-11-29-50(56)62-52-31-13-19-37-58(52)68(46-26-8-3-9-27-46)64(62)54-33-15-21-39-60(54)66/h1-42H. The Labute approximate surface area is 395 Å². The van der Waals surface area contributed by atoms with Crippen LogP contribution in [-0.4, -0.2) is 9.13 Å². The molecule has 2 aliphatic heterocycles. The molecule has 4 heteroatoms. The van der Waals surface area contributed by atoms with E-state index >= 15 is 0 Å². The van der Waals surface area contributed by atoms with Gasteiger partial charge in [0.25, 0.3) is 0 Å². The number of para-hydroxylation sites is 8. The van der Waals surface area contributed by atoms with Crippen LogP contribution in [0.2, 0.25) is 0 Å². The van der Waals surface area contributed by atoms with Crippen LogP contribution in [0.25, 0.3) is 89.1 Å². The highest BCUT2D eigenvalue weighted by molar-refractivity contribution is 6.15. The Balaban J connectivity index is 1.07. The summed E-state index contributed by atoms with van der Waals surface area (Å²) in [4.78, 5) is 5.01. The second kappa shape index (κ2) is 15.2. The number of aromatic nitrogens is 2. The molecule has 4 heterocycles. The smallest absolute Gasteiger partial charge is 0.0641 e. The zero-order valence-corrected chi connectivity index (χ0v) is 37.0. The van der Waals surface area contributed by atoms with Crippen molar-refractivity contribution in [2.45, 2.75) is 0 Å². The van der Waals surface area contributed by atoms with E-state index < -0.39 is 0 Å². The fourth-order valence-corrected chi connectivity index (χ4v) is 11.2. The minimum atomic E-state index is 1.07. The molecule has 2 aliphatic rings. The molecule has 0 saturated heterocycles. The maximum atomic E-state index is 2.51. The van der Waals surface area contributed by atoms with Crippen LogP contribution in [0.3, 0.4) is 0 Å². The molecule has 2 aromatic heterocycles. The van der Waals surface area contributed by atoms with E-state index in [1.807, 2.05) is 0 Å². The molecule has 0 N–H and O–H groups in total. The van der Waals surface area contributed by atoms with E-state index in [1.165, 1.54) is 55.4 Å². The molecule has 10 aromatic carbocycles. The van der Waals surface area contributed by atoms with Gasteiger partial charge in [0.15, 0.2) is 0 Å². The first-order chi connectivity index (χ1) is 33.8. The second-order valence-corrected chi connectivity index (χ2v) is 17.7. The molecule has 318 valence electrons. The lowest BCUT2D eigenvalue weighted by atomic mass is 9.98. The van der Waals surface area contributed by atoms with E-state index in [1.54, 1.807) is 0 Å². The molecule has 12 aromatic rings. The Bertz CT molecular complexity index is 3680. The zero-order valence-electron chi connectivity index (χ0n) is 37.0. The summed E-state index contributed by atoms with van der Waals surface area (Å²) in [6, 6.07) is 93.3. The molecule has 0 radical (unpaired) electrons. The molecule has 0 atom stereocenters. The molecule has 0 aliphatic carbocycles. The van der Waals surface area contributed by atoms with Gasteiger partial charge >= 0.3 is 0 Å². The van der Waals surface area contributed by atoms with Crippen LogP contribution < -0.4 is 9.80 Å². The van der Waals surface area contributed by atoms with Gasteiger partial charge in [0.2, 0.25) is 0 Å². The monoisotopic (exact) mass is 866 g/mol. The Morgan fingerprint density at radius 3 is 1.01 bits per heavy atom. The van der Waals surface area contributed by atoms with E-state index in [-0.39, 0.29) is 0 Å². The molecule has 68 heavy (non-hydrogen) atoms. The van der Waals surface area contributed by atoms with Crippen LogP contribution in [0, 0.1) is 0 Å². The van der Waals surface area contributed by atoms with Gasteiger partial charge in [-0.1, -0.05) is 176 Å². The number of benzene rings is 10. The molecule has 4 nitrogen and oxygen atoms in total. The first kappa shape index (κ1) is 38.2. The van der Waals surface area contributed by atoms with Gasteiger partial charge < -0.3 is 18.9 Å². The summed E-state index contributed by atoms with van der Waals surface area (Å²) in [6.45, 7) is 0. The van der Waals surface area contributed by atoms with Crippen LogP contribution in [0.4, 0.5) is 34.1 Å². The summed E-state index contributed by atoms with van der Waals surface area (Å²) in [5.41, 5.74) is 23.0. The lowest BCUT2D eigenvalue weighted by Crippen LogP contribution is -2.15. The first-order valence-electron chi connectivity index (χ1n) is 23.4. The quantitative estimate of drug-likeness (QED) is 0.171. The topological polar surface area (TPSA) is 16.3 Å². The van der Waals surface area contributed by atoms with Gasteiger partial charge in [-0.05, 0) is 90.0 Å². The molecule has 14 rings (SSSR count). The SMILES string of the molecule is c1ccc(-c2cc(N3c4ccccc4-c4c(n(-c5ccccc5)c5ccccc45)-c4ccccc43)cc(N3c4ccccc4-c4c(n(-c5ccccc5)c5ccccc45)-c4ccccc43)c2)cc1. The van der Waals surface area contributed by atoms with Gasteiger partial charge in [-0.25, -0.2) is 0 Å². The zero-order chi connectivity index (χ0) is 44.7. The molecular weight excluding hydrogens is 825 g/mol. The predicted octanol–water partition coefficient (Wildman–Crippen LogP) is 17.5. The molecule has 0 spiro atoms. The van der Waals surface area contributed by atoms with Crippen molar-refractivity contribution >= 4 is 55.9 Å². The molecule has 0 bridgehead atoms. The summed E-state index contributed by atoms with van der Waals surface area (Å²) in [7, 11) is 0. The maximum absolute atomic E-state index is 2.51. The summed E-state index contributed by atoms with van der Waals surface area (Å²) >= 11 is 0. The normalized spacial score (nSPS) is 12.4. The third-order valence-electron chi connectivity index (χ3n) is 13.9. The van der Waals surface area contributed by atoms with E-state index in [2.05, 4.69) is 274 Å². The van der Waals surface area contributed by atoms with Gasteiger partial charge in [0.1, 0.15) is 0 Å². The third kappa shape index (κ3) is 5.68. The minimum Gasteiger partial charge on any atom is -0.309 e. The number of nitrogens with zero attached hydrogens (tertiary/aromatic N) is 4. The highest BCUT2D eigenvalue weighted by Gasteiger charge is 2.34. The Morgan fingerprint density at radius 2 is 0.574 bits per heavy atom. The summed E-state index contributed by atoms with van der Waals surface area (Å²) in [5.74, 6) is 0. The molecule has 0 saturated carbocycles. The molecule has 0 amide bonds.